The molecule has 4 heteroatoms. The number of hydrogen-bond acceptors (Lipinski definition) is 2. The minimum absolute atomic E-state index is 0.143. The van der Waals surface area contributed by atoms with Crippen molar-refractivity contribution in [3.8, 4) is 0 Å². The molecule has 2 aromatic carbocycles. The van der Waals surface area contributed by atoms with E-state index < -0.39 is 0 Å². The fourth-order valence-corrected chi connectivity index (χ4v) is 3.19. The molecule has 1 aliphatic rings. The van der Waals surface area contributed by atoms with Gasteiger partial charge in [-0.05, 0) is 29.7 Å². The second kappa shape index (κ2) is 9.72. The van der Waals surface area contributed by atoms with Crippen molar-refractivity contribution in [2.75, 3.05) is 18.0 Å². The lowest BCUT2D eigenvalue weighted by Crippen LogP contribution is -2.38. The molecule has 1 heterocycles. The highest BCUT2D eigenvalue weighted by molar-refractivity contribution is 6.05. The van der Waals surface area contributed by atoms with Crippen LogP contribution in [0.5, 0.6) is 0 Å². The molecule has 0 bridgehead atoms. The number of hydrogen-bond donors (Lipinski definition) is 1. The van der Waals surface area contributed by atoms with Crippen molar-refractivity contribution in [3.05, 3.63) is 59.7 Å². The molecule has 0 unspecified atom stereocenters. The molecule has 0 fully saturated rings. The normalized spacial score (nSPS) is 12.6. The Bertz CT molecular complexity index is 776. The molecule has 140 valence electrons. The van der Waals surface area contributed by atoms with Gasteiger partial charge in [-0.25, -0.2) is 4.79 Å². The Kier molecular flexibility index (Phi) is 6.80. The molecule has 4 nitrogen and oxygen atoms in total. The average Bonchev–Trinajstić information content (AvgIpc) is 2.87. The molecule has 0 radical (unpaired) electrons. The summed E-state index contributed by atoms with van der Waals surface area (Å²) in [5, 5.41) is 2.97. The van der Waals surface area contributed by atoms with Crippen LogP contribution < -0.4 is 10.2 Å². The molecule has 2 aromatic rings. The molecule has 3 rings (SSSR count). The molecule has 0 saturated heterocycles. The fourth-order valence-electron chi connectivity index (χ4n) is 3.19. The summed E-state index contributed by atoms with van der Waals surface area (Å²) in [4.78, 5) is 19.1. The Labute approximate surface area is 161 Å². The first-order valence-electron chi connectivity index (χ1n) is 9.73. The minimum Gasteiger partial charge on any atom is -0.332 e. The van der Waals surface area contributed by atoms with E-state index in [0.717, 1.165) is 35.5 Å². The lowest BCUT2D eigenvalue weighted by molar-refractivity contribution is 0.250. The average molecular weight is 361 g/mol. The number of rotatable bonds is 7. The lowest BCUT2D eigenvalue weighted by atomic mass is 10.1. The van der Waals surface area contributed by atoms with E-state index in [9.17, 15) is 4.79 Å². The van der Waals surface area contributed by atoms with Gasteiger partial charge in [-0.3, -0.25) is 9.89 Å². The van der Waals surface area contributed by atoms with Gasteiger partial charge in [0, 0.05) is 12.8 Å². The number of amides is 2. The first kappa shape index (κ1) is 18.9. The molecule has 0 saturated carbocycles. The molecule has 0 atom stereocenters. The molecule has 0 spiro atoms. The van der Waals surface area contributed by atoms with Crippen molar-refractivity contribution in [1.29, 1.82) is 0 Å². The molecule has 1 aliphatic heterocycles. The number of nitrogens with zero attached hydrogens (tertiary/aromatic N) is 2. The standard InChI is InChI=1S/C23H27N3O/c1-2-3-4-9-16-24-17-18-25-23(27)26-21-12-7-5-10-19(21)14-15-20-11-6-8-13-22(20)26/h5-8,10-15,17H,2-4,9,16,18H2,1H3,(H,25,27). The smallest absolute Gasteiger partial charge is 0.326 e. The van der Waals surface area contributed by atoms with Gasteiger partial charge in [0.15, 0.2) is 0 Å². The van der Waals surface area contributed by atoms with E-state index in [-0.39, 0.29) is 6.03 Å². The Balaban J connectivity index is 1.69. The topological polar surface area (TPSA) is 44.7 Å². The third-order valence-electron chi connectivity index (χ3n) is 4.62. The van der Waals surface area contributed by atoms with Gasteiger partial charge in [-0.1, -0.05) is 74.7 Å². The zero-order valence-electron chi connectivity index (χ0n) is 15.9. The van der Waals surface area contributed by atoms with E-state index in [1.807, 2.05) is 48.5 Å². The van der Waals surface area contributed by atoms with E-state index in [1.165, 1.54) is 19.3 Å². The number of para-hydroxylation sites is 2. The summed E-state index contributed by atoms with van der Waals surface area (Å²) in [6.07, 6.45) is 10.7. The highest BCUT2D eigenvalue weighted by atomic mass is 16.2. The van der Waals surface area contributed by atoms with Gasteiger partial charge in [0.25, 0.3) is 0 Å². The number of urea groups is 1. The Morgan fingerprint density at radius 2 is 1.59 bits per heavy atom. The SMILES string of the molecule is CCCCCCN=CCNC(=O)N1c2ccccc2C=Cc2ccccc21. The van der Waals surface area contributed by atoms with Gasteiger partial charge in [0.1, 0.15) is 0 Å². The van der Waals surface area contributed by atoms with Gasteiger partial charge in [0.05, 0.1) is 17.9 Å². The summed E-state index contributed by atoms with van der Waals surface area (Å²) in [6, 6.07) is 15.7. The largest absolute Gasteiger partial charge is 0.332 e. The van der Waals surface area contributed by atoms with Crippen LogP contribution in [0.3, 0.4) is 0 Å². The van der Waals surface area contributed by atoms with Crippen molar-refractivity contribution in [3.63, 3.8) is 0 Å². The van der Waals surface area contributed by atoms with Crippen molar-refractivity contribution < 1.29 is 4.79 Å². The maximum absolute atomic E-state index is 13.0. The second-order valence-corrected chi connectivity index (χ2v) is 6.62. The zero-order chi connectivity index (χ0) is 18.9. The molecular weight excluding hydrogens is 334 g/mol. The summed E-state index contributed by atoms with van der Waals surface area (Å²) < 4.78 is 0. The maximum Gasteiger partial charge on any atom is 0.326 e. The van der Waals surface area contributed by atoms with Crippen LogP contribution in [0, 0.1) is 0 Å². The maximum atomic E-state index is 13.0. The van der Waals surface area contributed by atoms with E-state index in [4.69, 9.17) is 0 Å². The van der Waals surface area contributed by atoms with E-state index in [2.05, 4.69) is 29.4 Å². The second-order valence-electron chi connectivity index (χ2n) is 6.62. The molecule has 2 amide bonds. The third kappa shape index (κ3) is 4.85. The number of carbonyl (C=O) groups is 1. The van der Waals surface area contributed by atoms with Crippen LogP contribution in [-0.2, 0) is 0 Å². The van der Waals surface area contributed by atoms with Crippen LogP contribution in [0.2, 0.25) is 0 Å². The Morgan fingerprint density at radius 1 is 0.963 bits per heavy atom. The summed E-state index contributed by atoms with van der Waals surface area (Å²) in [7, 11) is 0. The lowest BCUT2D eigenvalue weighted by Gasteiger charge is -2.24. The summed E-state index contributed by atoms with van der Waals surface area (Å²) >= 11 is 0. The van der Waals surface area contributed by atoms with Crippen molar-refractivity contribution in [2.45, 2.75) is 32.6 Å². The highest BCUT2D eigenvalue weighted by Gasteiger charge is 2.23. The van der Waals surface area contributed by atoms with Gasteiger partial charge < -0.3 is 5.32 Å². The Morgan fingerprint density at radius 3 is 2.22 bits per heavy atom. The Hall–Kier alpha value is -2.88. The number of anilines is 2. The molecule has 0 aliphatic carbocycles. The minimum atomic E-state index is -0.143. The first-order valence-corrected chi connectivity index (χ1v) is 9.73. The molecular formula is C23H27N3O. The number of unbranched alkanes of at least 4 members (excludes halogenated alkanes) is 3. The number of carbonyl (C=O) groups excluding carboxylic acids is 1. The third-order valence-corrected chi connectivity index (χ3v) is 4.62. The monoisotopic (exact) mass is 361 g/mol. The molecule has 27 heavy (non-hydrogen) atoms. The zero-order valence-corrected chi connectivity index (χ0v) is 15.9. The predicted molar refractivity (Wildman–Crippen MR) is 115 cm³/mol. The number of aliphatic imine (C=N–C) groups is 1. The summed E-state index contributed by atoms with van der Waals surface area (Å²) in [6.45, 7) is 3.46. The van der Waals surface area contributed by atoms with E-state index in [1.54, 1.807) is 11.1 Å². The van der Waals surface area contributed by atoms with Crippen LogP contribution in [-0.4, -0.2) is 25.3 Å². The predicted octanol–water partition coefficient (Wildman–Crippen LogP) is 5.67. The van der Waals surface area contributed by atoms with Gasteiger partial charge in [-0.2, -0.15) is 0 Å². The summed E-state index contributed by atoms with van der Waals surface area (Å²) in [5.41, 5.74) is 3.81. The van der Waals surface area contributed by atoms with Crippen molar-refractivity contribution in [1.82, 2.24) is 5.32 Å². The van der Waals surface area contributed by atoms with Crippen molar-refractivity contribution in [2.24, 2.45) is 4.99 Å². The van der Waals surface area contributed by atoms with Crippen LogP contribution in [0.1, 0.15) is 43.7 Å². The van der Waals surface area contributed by atoms with Crippen LogP contribution >= 0.6 is 0 Å². The first-order chi connectivity index (χ1) is 13.3. The van der Waals surface area contributed by atoms with E-state index >= 15 is 0 Å². The van der Waals surface area contributed by atoms with Crippen molar-refractivity contribution >= 4 is 35.8 Å². The fraction of sp³-hybridized carbons (Fsp3) is 0.304. The van der Waals surface area contributed by atoms with Gasteiger partial charge in [-0.15, -0.1) is 0 Å². The highest BCUT2D eigenvalue weighted by Crippen LogP contribution is 2.35. The van der Waals surface area contributed by atoms with Crippen LogP contribution in [0.4, 0.5) is 16.2 Å². The molecule has 1 N–H and O–H groups in total. The molecule has 0 aromatic heterocycles. The van der Waals surface area contributed by atoms with Crippen LogP contribution in [0.15, 0.2) is 53.5 Å². The number of nitrogens with one attached hydrogen (secondary N) is 1. The summed E-state index contributed by atoms with van der Waals surface area (Å²) in [5.74, 6) is 0. The quantitative estimate of drug-likeness (QED) is 0.501. The van der Waals surface area contributed by atoms with Crippen LogP contribution in [0.25, 0.3) is 12.2 Å². The van der Waals surface area contributed by atoms with Gasteiger partial charge in [0.2, 0.25) is 0 Å². The number of benzene rings is 2. The number of fused-ring (bicyclic) bond motifs is 2. The van der Waals surface area contributed by atoms with Gasteiger partial charge >= 0.3 is 6.03 Å². The van der Waals surface area contributed by atoms with E-state index in [0.29, 0.717) is 6.54 Å².